The van der Waals surface area contributed by atoms with Crippen LogP contribution in [-0.4, -0.2) is 47.1 Å². The van der Waals surface area contributed by atoms with Gasteiger partial charge in [0.05, 0.1) is 23.8 Å². The first-order valence-corrected chi connectivity index (χ1v) is 16.0. The first-order valence-electron chi connectivity index (χ1n) is 16.0. The Bertz CT molecular complexity index is 1640. The lowest BCUT2D eigenvalue weighted by atomic mass is 9.99. The zero-order chi connectivity index (χ0) is 33.4. The summed E-state index contributed by atoms with van der Waals surface area (Å²) in [5.41, 5.74) is 3.63. The second-order valence-electron chi connectivity index (χ2n) is 12.0. The fraction of sp³-hybridized carbons (Fsp3) is 0.316. The molecule has 0 aromatic heterocycles. The van der Waals surface area contributed by atoms with Gasteiger partial charge in [-0.2, -0.15) is 13.2 Å². The summed E-state index contributed by atoms with van der Waals surface area (Å²) in [6.07, 6.45) is -2.46. The van der Waals surface area contributed by atoms with Crippen LogP contribution in [0, 0.1) is 0 Å². The van der Waals surface area contributed by atoms with Crippen molar-refractivity contribution in [2.45, 2.75) is 63.5 Å². The molecule has 3 N–H and O–H groups in total. The number of likely N-dealkylation sites (tertiary alicyclic amines) is 1. The molecule has 47 heavy (non-hydrogen) atoms. The van der Waals surface area contributed by atoms with E-state index in [2.05, 4.69) is 41.8 Å². The maximum Gasteiger partial charge on any atom is 0.416 e. The van der Waals surface area contributed by atoms with Crippen molar-refractivity contribution in [1.82, 2.24) is 15.5 Å². The minimum absolute atomic E-state index is 0.0280. The Morgan fingerprint density at radius 3 is 2.30 bits per heavy atom. The van der Waals surface area contributed by atoms with E-state index in [4.69, 9.17) is 0 Å². The number of benzene rings is 4. The molecule has 1 unspecified atom stereocenters. The van der Waals surface area contributed by atoms with Gasteiger partial charge in [0.2, 0.25) is 0 Å². The molecule has 1 heterocycles. The van der Waals surface area contributed by atoms with Gasteiger partial charge in [-0.05, 0) is 72.2 Å². The van der Waals surface area contributed by atoms with Gasteiger partial charge in [0.1, 0.15) is 0 Å². The second-order valence-corrected chi connectivity index (χ2v) is 12.0. The third-order valence-electron chi connectivity index (χ3n) is 8.67. The summed E-state index contributed by atoms with van der Waals surface area (Å²) < 4.78 is 39.4. The van der Waals surface area contributed by atoms with Crippen molar-refractivity contribution in [3.63, 3.8) is 0 Å². The number of hydrogen-bond acceptors (Lipinski definition) is 4. The Morgan fingerprint density at radius 1 is 0.872 bits per heavy atom. The Hall–Kier alpha value is -4.47. The SMILES string of the molecule is CCc1ccc(C2CCCN2C(=O)c2cccc(C(=O)N[C@@H](Cc3ccccc3)[C@@H](O)CNCc3cccc(C(F)(F)F)c3)c2)cc1. The Kier molecular flexibility index (Phi) is 11.1. The number of alkyl halides is 3. The molecule has 0 aliphatic carbocycles. The molecule has 1 fully saturated rings. The zero-order valence-electron chi connectivity index (χ0n) is 26.3. The lowest BCUT2D eigenvalue weighted by molar-refractivity contribution is -0.137. The number of aryl methyl sites for hydroxylation is 1. The topological polar surface area (TPSA) is 81.7 Å². The monoisotopic (exact) mass is 643 g/mol. The van der Waals surface area contributed by atoms with E-state index >= 15 is 0 Å². The Morgan fingerprint density at radius 2 is 1.57 bits per heavy atom. The second kappa shape index (κ2) is 15.4. The van der Waals surface area contributed by atoms with E-state index in [1.165, 1.54) is 11.6 Å². The molecule has 0 bridgehead atoms. The van der Waals surface area contributed by atoms with Crippen LogP contribution < -0.4 is 10.6 Å². The minimum Gasteiger partial charge on any atom is -0.390 e. The van der Waals surface area contributed by atoms with Crippen LogP contribution in [0.3, 0.4) is 0 Å². The predicted molar refractivity (Wildman–Crippen MR) is 176 cm³/mol. The van der Waals surface area contributed by atoms with Crippen LogP contribution in [0.25, 0.3) is 0 Å². The summed E-state index contributed by atoms with van der Waals surface area (Å²) in [5, 5.41) is 17.1. The van der Waals surface area contributed by atoms with E-state index in [9.17, 15) is 27.9 Å². The molecule has 1 aliphatic rings. The van der Waals surface area contributed by atoms with E-state index in [0.29, 0.717) is 29.7 Å². The van der Waals surface area contributed by atoms with Crippen molar-refractivity contribution in [1.29, 1.82) is 0 Å². The number of rotatable bonds is 12. The number of carbonyl (C=O) groups is 2. The molecule has 0 spiro atoms. The Labute approximate surface area is 273 Å². The number of nitrogens with one attached hydrogen (secondary N) is 2. The molecule has 246 valence electrons. The van der Waals surface area contributed by atoms with Crippen LogP contribution in [-0.2, 0) is 25.6 Å². The van der Waals surface area contributed by atoms with Crippen molar-refractivity contribution >= 4 is 11.8 Å². The summed E-state index contributed by atoms with van der Waals surface area (Å²) in [4.78, 5) is 29.1. The standard InChI is InChI=1S/C38H40F3N3O3/c1-2-26-16-18-29(19-17-26)34-15-8-20-44(34)37(47)31-13-7-12-30(23-31)36(46)43-33(22-27-9-4-3-5-10-27)35(45)25-42-24-28-11-6-14-32(21-28)38(39,40)41/h3-7,9-14,16-19,21,23,33-35,42,45H,2,8,15,20,22,24-25H2,1H3,(H,43,46)/t33-,34?,35-/m0/s1. The fourth-order valence-electron chi connectivity index (χ4n) is 6.06. The van der Waals surface area contributed by atoms with Crippen molar-refractivity contribution < 1.29 is 27.9 Å². The van der Waals surface area contributed by atoms with E-state index in [0.717, 1.165) is 42.5 Å². The molecule has 1 saturated heterocycles. The third-order valence-corrected chi connectivity index (χ3v) is 8.67. The largest absolute Gasteiger partial charge is 0.416 e. The number of amides is 2. The van der Waals surface area contributed by atoms with Gasteiger partial charge in [-0.1, -0.05) is 85.8 Å². The van der Waals surface area contributed by atoms with E-state index < -0.39 is 29.8 Å². The summed E-state index contributed by atoms with van der Waals surface area (Å²) in [5.74, 6) is -0.577. The van der Waals surface area contributed by atoms with Gasteiger partial charge >= 0.3 is 6.18 Å². The molecular formula is C38H40F3N3O3. The molecule has 5 rings (SSSR count). The molecule has 4 aromatic rings. The van der Waals surface area contributed by atoms with Crippen LogP contribution >= 0.6 is 0 Å². The van der Waals surface area contributed by atoms with Crippen molar-refractivity contribution in [2.24, 2.45) is 0 Å². The fourth-order valence-corrected chi connectivity index (χ4v) is 6.06. The number of hydrogen-bond donors (Lipinski definition) is 3. The van der Waals surface area contributed by atoms with Gasteiger partial charge in [-0.3, -0.25) is 9.59 Å². The van der Waals surface area contributed by atoms with Gasteiger partial charge in [0.25, 0.3) is 11.8 Å². The number of nitrogens with zero attached hydrogens (tertiary/aromatic N) is 1. The quantitative estimate of drug-likeness (QED) is 0.160. The zero-order valence-corrected chi connectivity index (χ0v) is 26.3. The van der Waals surface area contributed by atoms with Crippen LogP contribution in [0.5, 0.6) is 0 Å². The number of carbonyl (C=O) groups excluding carboxylic acids is 2. The summed E-state index contributed by atoms with van der Waals surface area (Å²) in [6, 6.07) is 28.7. The normalized spacial score (nSPS) is 16.1. The molecule has 0 radical (unpaired) electrons. The van der Waals surface area contributed by atoms with Crippen molar-refractivity contribution in [3.8, 4) is 0 Å². The lowest BCUT2D eigenvalue weighted by Crippen LogP contribution is -2.48. The number of aliphatic hydroxyl groups is 1. The molecule has 2 amide bonds. The number of aliphatic hydroxyl groups excluding tert-OH is 1. The summed E-state index contributed by atoms with van der Waals surface area (Å²) in [7, 11) is 0. The van der Waals surface area contributed by atoms with E-state index in [1.54, 1.807) is 30.3 Å². The average molecular weight is 644 g/mol. The average Bonchev–Trinajstić information content (AvgIpc) is 3.58. The molecule has 6 nitrogen and oxygen atoms in total. The molecule has 4 aromatic carbocycles. The third kappa shape index (κ3) is 8.87. The summed E-state index contributed by atoms with van der Waals surface area (Å²) in [6.45, 7) is 2.88. The highest BCUT2D eigenvalue weighted by Gasteiger charge is 2.32. The smallest absolute Gasteiger partial charge is 0.390 e. The molecule has 0 saturated carbocycles. The first kappa shape index (κ1) is 33.9. The van der Waals surface area contributed by atoms with Crippen molar-refractivity contribution in [3.05, 3.63) is 142 Å². The van der Waals surface area contributed by atoms with E-state index in [-0.39, 0.29) is 25.0 Å². The van der Waals surface area contributed by atoms with Gasteiger partial charge in [-0.15, -0.1) is 0 Å². The van der Waals surface area contributed by atoms with Crippen molar-refractivity contribution in [2.75, 3.05) is 13.1 Å². The van der Waals surface area contributed by atoms with Crippen LogP contribution in [0.4, 0.5) is 13.2 Å². The lowest BCUT2D eigenvalue weighted by Gasteiger charge is -2.26. The van der Waals surface area contributed by atoms with Gasteiger partial charge in [0, 0.05) is 30.8 Å². The number of halogens is 3. The van der Waals surface area contributed by atoms with Gasteiger partial charge < -0.3 is 20.6 Å². The highest BCUT2D eigenvalue weighted by Crippen LogP contribution is 2.33. The molecule has 9 heteroatoms. The van der Waals surface area contributed by atoms with Crippen LogP contribution in [0.2, 0.25) is 0 Å². The maximum absolute atomic E-state index is 13.7. The van der Waals surface area contributed by atoms with Gasteiger partial charge in [-0.25, -0.2) is 0 Å². The van der Waals surface area contributed by atoms with E-state index in [1.807, 2.05) is 35.2 Å². The van der Waals surface area contributed by atoms with Crippen LogP contribution in [0.15, 0.2) is 103 Å². The molecule has 1 aliphatic heterocycles. The minimum atomic E-state index is -4.45. The molecule has 3 atom stereocenters. The highest BCUT2D eigenvalue weighted by atomic mass is 19.4. The summed E-state index contributed by atoms with van der Waals surface area (Å²) >= 11 is 0. The molecular weight excluding hydrogens is 603 g/mol. The Balaban J connectivity index is 1.27. The van der Waals surface area contributed by atoms with Gasteiger partial charge in [0.15, 0.2) is 0 Å². The first-order chi connectivity index (χ1) is 22.6. The van der Waals surface area contributed by atoms with Crippen LogP contribution in [0.1, 0.15) is 74.3 Å². The maximum atomic E-state index is 13.7. The highest BCUT2D eigenvalue weighted by molar-refractivity contribution is 6.00. The predicted octanol–water partition coefficient (Wildman–Crippen LogP) is 6.74.